The van der Waals surface area contributed by atoms with E-state index in [1.54, 1.807) is 14.0 Å². The third-order valence-corrected chi connectivity index (χ3v) is 3.79. The van der Waals surface area contributed by atoms with E-state index in [0.29, 0.717) is 19.4 Å². The Balaban J connectivity index is 2.29. The summed E-state index contributed by atoms with van der Waals surface area (Å²) in [5.41, 5.74) is 7.32. The summed E-state index contributed by atoms with van der Waals surface area (Å²) in [4.78, 5) is 11.9. The van der Waals surface area contributed by atoms with E-state index in [4.69, 9.17) is 15.2 Å². The number of carbonyl (C=O) groups excluding carboxylic acids is 1. The number of fused-ring (bicyclic) bond motifs is 1. The van der Waals surface area contributed by atoms with Crippen molar-refractivity contribution in [1.29, 1.82) is 0 Å². The predicted octanol–water partition coefficient (Wildman–Crippen LogP) is 1.82. The summed E-state index contributed by atoms with van der Waals surface area (Å²) in [6, 6.07) is 3.88. The van der Waals surface area contributed by atoms with Crippen molar-refractivity contribution in [2.24, 2.45) is 5.73 Å². The van der Waals surface area contributed by atoms with Gasteiger partial charge in [-0.15, -0.1) is 0 Å². The number of benzene rings is 1. The lowest BCUT2D eigenvalue weighted by Gasteiger charge is -2.20. The van der Waals surface area contributed by atoms with Crippen molar-refractivity contribution < 1.29 is 14.3 Å². The van der Waals surface area contributed by atoms with Gasteiger partial charge in [-0.3, -0.25) is 4.79 Å². The van der Waals surface area contributed by atoms with Gasteiger partial charge in [0.25, 0.3) is 0 Å². The first kappa shape index (κ1) is 13.4. The van der Waals surface area contributed by atoms with Gasteiger partial charge in [0.1, 0.15) is 11.3 Å². The summed E-state index contributed by atoms with van der Waals surface area (Å²) in [5.74, 6) is 0.415. The number of hydrogen-bond acceptors (Lipinski definition) is 4. The van der Waals surface area contributed by atoms with E-state index >= 15 is 0 Å². The maximum Gasteiger partial charge on any atom is 0.326 e. The molecular weight excluding hydrogens is 298 g/mol. The Morgan fingerprint density at radius 3 is 2.61 bits per heavy atom. The van der Waals surface area contributed by atoms with Crippen LogP contribution in [0.1, 0.15) is 18.1 Å². The zero-order valence-corrected chi connectivity index (χ0v) is 12.0. The standard InChI is InChI=1S/C13H16BrNO3/c1-3-18-12(16)13(15)6-8-4-10(14)11(17-2)5-9(8)7-13/h4-5H,3,6-7,15H2,1-2H3/t13-/m0/s1. The Morgan fingerprint density at radius 2 is 2.06 bits per heavy atom. The summed E-state index contributed by atoms with van der Waals surface area (Å²) < 4.78 is 11.2. The predicted molar refractivity (Wildman–Crippen MR) is 71.7 cm³/mol. The molecule has 0 saturated heterocycles. The van der Waals surface area contributed by atoms with Gasteiger partial charge in [0.05, 0.1) is 18.2 Å². The topological polar surface area (TPSA) is 61.5 Å². The van der Waals surface area contributed by atoms with Crippen LogP contribution in [0.3, 0.4) is 0 Å². The molecule has 5 heteroatoms. The highest BCUT2D eigenvalue weighted by Crippen LogP contribution is 2.36. The van der Waals surface area contributed by atoms with Gasteiger partial charge in [-0.05, 0) is 46.1 Å². The fraction of sp³-hybridized carbons (Fsp3) is 0.462. The average molecular weight is 314 g/mol. The zero-order chi connectivity index (χ0) is 13.3. The third kappa shape index (κ3) is 2.24. The van der Waals surface area contributed by atoms with E-state index in [1.165, 1.54) is 0 Å². The van der Waals surface area contributed by atoms with E-state index < -0.39 is 5.54 Å². The molecule has 1 atom stereocenters. The van der Waals surface area contributed by atoms with Crippen LogP contribution in [0.4, 0.5) is 0 Å². The van der Waals surface area contributed by atoms with Crippen LogP contribution in [0.25, 0.3) is 0 Å². The van der Waals surface area contributed by atoms with E-state index in [-0.39, 0.29) is 5.97 Å². The number of rotatable bonds is 3. The summed E-state index contributed by atoms with van der Waals surface area (Å²) in [6.07, 6.45) is 0.995. The zero-order valence-electron chi connectivity index (χ0n) is 10.5. The smallest absolute Gasteiger partial charge is 0.326 e. The maximum absolute atomic E-state index is 11.9. The molecule has 0 fully saturated rings. The molecule has 0 amide bonds. The highest BCUT2D eigenvalue weighted by atomic mass is 79.9. The fourth-order valence-corrected chi connectivity index (χ4v) is 2.84. The van der Waals surface area contributed by atoms with Crippen LogP contribution in [-0.4, -0.2) is 25.2 Å². The highest BCUT2D eigenvalue weighted by Gasteiger charge is 2.42. The molecule has 0 radical (unpaired) electrons. The largest absolute Gasteiger partial charge is 0.496 e. The molecule has 0 heterocycles. The van der Waals surface area contributed by atoms with Crippen LogP contribution in [0.2, 0.25) is 0 Å². The summed E-state index contributed by atoms with van der Waals surface area (Å²) in [6.45, 7) is 2.13. The second-order valence-electron chi connectivity index (χ2n) is 4.49. The fourth-order valence-electron chi connectivity index (χ4n) is 2.28. The molecule has 0 saturated carbocycles. The third-order valence-electron chi connectivity index (χ3n) is 3.17. The summed E-state index contributed by atoms with van der Waals surface area (Å²) >= 11 is 3.43. The Kier molecular flexibility index (Phi) is 3.64. The van der Waals surface area contributed by atoms with E-state index in [1.807, 2.05) is 12.1 Å². The minimum Gasteiger partial charge on any atom is -0.496 e. The first-order valence-electron chi connectivity index (χ1n) is 5.81. The molecule has 0 spiro atoms. The maximum atomic E-state index is 11.9. The van der Waals surface area contributed by atoms with Crippen molar-refractivity contribution in [1.82, 2.24) is 0 Å². The molecule has 1 aromatic carbocycles. The SMILES string of the molecule is CCOC(=O)[C@]1(N)Cc2cc(Br)c(OC)cc2C1. The Hall–Kier alpha value is -1.07. The van der Waals surface area contributed by atoms with Crippen molar-refractivity contribution in [3.8, 4) is 5.75 Å². The quantitative estimate of drug-likeness (QED) is 0.865. The number of methoxy groups -OCH3 is 1. The van der Waals surface area contributed by atoms with Crippen LogP contribution >= 0.6 is 15.9 Å². The molecule has 18 heavy (non-hydrogen) atoms. The lowest BCUT2D eigenvalue weighted by molar-refractivity contribution is -0.149. The van der Waals surface area contributed by atoms with Crippen molar-refractivity contribution in [2.75, 3.05) is 13.7 Å². The molecule has 0 aromatic heterocycles. The van der Waals surface area contributed by atoms with Crippen LogP contribution < -0.4 is 10.5 Å². The van der Waals surface area contributed by atoms with Gasteiger partial charge < -0.3 is 15.2 Å². The molecule has 1 aliphatic carbocycles. The first-order chi connectivity index (χ1) is 8.50. The van der Waals surface area contributed by atoms with E-state index in [9.17, 15) is 4.79 Å². The van der Waals surface area contributed by atoms with Gasteiger partial charge in [0.2, 0.25) is 0 Å². The van der Waals surface area contributed by atoms with Crippen molar-refractivity contribution >= 4 is 21.9 Å². The van der Waals surface area contributed by atoms with Crippen LogP contribution in [0.15, 0.2) is 16.6 Å². The number of ether oxygens (including phenoxy) is 2. The monoisotopic (exact) mass is 313 g/mol. The van der Waals surface area contributed by atoms with Gasteiger partial charge >= 0.3 is 5.97 Å². The molecule has 2 rings (SSSR count). The summed E-state index contributed by atoms with van der Waals surface area (Å²) in [7, 11) is 1.61. The second-order valence-corrected chi connectivity index (χ2v) is 5.34. The number of halogens is 1. The minimum absolute atomic E-state index is 0.337. The first-order valence-corrected chi connectivity index (χ1v) is 6.61. The Morgan fingerprint density at radius 1 is 1.44 bits per heavy atom. The Bertz CT molecular complexity index is 489. The second kappa shape index (κ2) is 4.90. The van der Waals surface area contributed by atoms with Crippen molar-refractivity contribution in [2.45, 2.75) is 25.3 Å². The minimum atomic E-state index is -0.940. The molecule has 0 aliphatic heterocycles. The van der Waals surface area contributed by atoms with Crippen LogP contribution in [0.5, 0.6) is 5.75 Å². The van der Waals surface area contributed by atoms with Crippen LogP contribution in [-0.2, 0) is 22.4 Å². The van der Waals surface area contributed by atoms with Crippen LogP contribution in [0, 0.1) is 0 Å². The molecule has 0 unspecified atom stereocenters. The lowest BCUT2D eigenvalue weighted by atomic mass is 9.98. The van der Waals surface area contributed by atoms with E-state index in [0.717, 1.165) is 21.3 Å². The molecule has 1 aromatic rings. The molecule has 4 nitrogen and oxygen atoms in total. The van der Waals surface area contributed by atoms with Crippen molar-refractivity contribution in [3.63, 3.8) is 0 Å². The number of nitrogens with two attached hydrogens (primary N) is 1. The van der Waals surface area contributed by atoms with Gasteiger partial charge in [-0.25, -0.2) is 0 Å². The van der Waals surface area contributed by atoms with E-state index in [2.05, 4.69) is 15.9 Å². The number of esters is 1. The number of carbonyl (C=O) groups is 1. The van der Waals surface area contributed by atoms with Gasteiger partial charge in [-0.1, -0.05) is 0 Å². The molecular formula is C13H16BrNO3. The summed E-state index contributed by atoms with van der Waals surface area (Å²) in [5, 5.41) is 0. The molecule has 2 N–H and O–H groups in total. The number of hydrogen-bond donors (Lipinski definition) is 1. The van der Waals surface area contributed by atoms with Gasteiger partial charge in [0, 0.05) is 12.8 Å². The normalized spacial score (nSPS) is 21.6. The molecule has 0 bridgehead atoms. The van der Waals surface area contributed by atoms with Gasteiger partial charge in [-0.2, -0.15) is 0 Å². The lowest BCUT2D eigenvalue weighted by Crippen LogP contribution is -2.50. The average Bonchev–Trinajstić information content (AvgIpc) is 2.65. The molecule has 1 aliphatic rings. The van der Waals surface area contributed by atoms with Crippen molar-refractivity contribution in [3.05, 3.63) is 27.7 Å². The molecule has 98 valence electrons. The highest BCUT2D eigenvalue weighted by molar-refractivity contribution is 9.10. The van der Waals surface area contributed by atoms with Gasteiger partial charge in [0.15, 0.2) is 0 Å². The Labute approximate surface area is 115 Å².